The first kappa shape index (κ1) is 9.87. The number of alkyl halides is 1. The van der Waals surface area contributed by atoms with E-state index in [9.17, 15) is 0 Å². The molecule has 1 aromatic heterocycles. The molecule has 1 unspecified atom stereocenters. The van der Waals surface area contributed by atoms with E-state index in [-0.39, 0.29) is 0 Å². The Labute approximate surface area is 82.5 Å². The summed E-state index contributed by atoms with van der Waals surface area (Å²) >= 11 is 7.43. The Morgan fingerprint density at radius 1 is 1.67 bits per heavy atom. The number of nitrogens with zero attached hydrogens (tertiary/aromatic N) is 1. The van der Waals surface area contributed by atoms with Crippen LogP contribution in [0.1, 0.15) is 12.5 Å². The van der Waals surface area contributed by atoms with E-state index in [4.69, 9.17) is 11.6 Å². The second kappa shape index (κ2) is 4.73. The van der Waals surface area contributed by atoms with Crippen molar-refractivity contribution in [2.24, 2.45) is 0 Å². The number of aromatic nitrogens is 1. The molecule has 3 heteroatoms. The molecular weight excluding hydrogens is 190 g/mol. The lowest BCUT2D eigenvalue weighted by molar-refractivity contribution is 1.05. The zero-order valence-electron chi connectivity index (χ0n) is 7.25. The molecule has 1 aromatic rings. The summed E-state index contributed by atoms with van der Waals surface area (Å²) in [7, 11) is 0. The van der Waals surface area contributed by atoms with Gasteiger partial charge in [0.05, 0.1) is 5.03 Å². The van der Waals surface area contributed by atoms with Crippen LogP contribution in [0, 0.1) is 6.92 Å². The van der Waals surface area contributed by atoms with E-state index in [2.05, 4.69) is 24.9 Å². The number of hydrogen-bond donors (Lipinski definition) is 0. The fourth-order valence-corrected chi connectivity index (χ4v) is 1.83. The molecule has 0 spiro atoms. The van der Waals surface area contributed by atoms with Gasteiger partial charge in [-0.25, -0.2) is 4.98 Å². The van der Waals surface area contributed by atoms with Crippen molar-refractivity contribution < 1.29 is 0 Å². The lowest BCUT2D eigenvalue weighted by Crippen LogP contribution is -1.98. The quantitative estimate of drug-likeness (QED) is 0.551. The summed E-state index contributed by atoms with van der Waals surface area (Å²) in [5.74, 6) is 0.667. The number of hydrogen-bond acceptors (Lipinski definition) is 2. The molecule has 66 valence electrons. The van der Waals surface area contributed by atoms with Crippen molar-refractivity contribution in [3.05, 3.63) is 23.9 Å². The van der Waals surface area contributed by atoms with E-state index in [0.29, 0.717) is 11.1 Å². The van der Waals surface area contributed by atoms with Crippen molar-refractivity contribution in [3.63, 3.8) is 0 Å². The van der Waals surface area contributed by atoms with E-state index in [1.165, 1.54) is 5.56 Å². The van der Waals surface area contributed by atoms with Crippen molar-refractivity contribution in [1.29, 1.82) is 0 Å². The zero-order valence-corrected chi connectivity index (χ0v) is 8.82. The van der Waals surface area contributed by atoms with Crippen LogP contribution in [0.4, 0.5) is 0 Å². The molecule has 0 aliphatic rings. The molecular formula is C9H12ClNS. The van der Waals surface area contributed by atoms with Crippen LogP contribution in [0.3, 0.4) is 0 Å². The summed E-state index contributed by atoms with van der Waals surface area (Å²) in [4.78, 5) is 4.27. The number of thioether (sulfide) groups is 1. The summed E-state index contributed by atoms with van der Waals surface area (Å²) in [5, 5.41) is 1.52. The molecule has 0 N–H and O–H groups in total. The van der Waals surface area contributed by atoms with Crippen LogP contribution in [0.15, 0.2) is 23.4 Å². The molecule has 0 aliphatic heterocycles. The molecule has 0 saturated heterocycles. The zero-order chi connectivity index (χ0) is 8.97. The van der Waals surface area contributed by atoms with Crippen LogP contribution in [-0.2, 0) is 0 Å². The Bertz CT molecular complexity index is 252. The summed E-state index contributed by atoms with van der Waals surface area (Å²) in [6.45, 7) is 4.17. The summed E-state index contributed by atoms with van der Waals surface area (Å²) < 4.78 is 0. The minimum Gasteiger partial charge on any atom is -0.250 e. The van der Waals surface area contributed by atoms with Crippen LogP contribution in [-0.4, -0.2) is 16.1 Å². The van der Waals surface area contributed by atoms with Crippen molar-refractivity contribution in [2.45, 2.75) is 24.1 Å². The minimum atomic E-state index is 0.431. The van der Waals surface area contributed by atoms with Gasteiger partial charge >= 0.3 is 0 Å². The third kappa shape index (κ3) is 2.68. The molecule has 12 heavy (non-hydrogen) atoms. The average molecular weight is 202 g/mol. The average Bonchev–Trinajstić information content (AvgIpc) is 2.09. The van der Waals surface area contributed by atoms with Crippen LogP contribution in [0.5, 0.6) is 0 Å². The first-order chi connectivity index (χ1) is 5.74. The summed E-state index contributed by atoms with van der Waals surface area (Å²) in [6, 6.07) is 4.01. The molecule has 1 rings (SSSR count). The van der Waals surface area contributed by atoms with E-state index < -0.39 is 0 Å². The van der Waals surface area contributed by atoms with Gasteiger partial charge in [-0.1, -0.05) is 13.0 Å². The Kier molecular flexibility index (Phi) is 3.89. The van der Waals surface area contributed by atoms with Crippen molar-refractivity contribution >= 4 is 23.4 Å². The third-order valence-electron chi connectivity index (χ3n) is 1.49. The standard InChI is InChI=1S/C9H12ClNS/c1-7-4-3-5-11-9(7)12-8(2)6-10/h3-5,8H,6H2,1-2H3. The molecule has 0 amide bonds. The van der Waals surface area contributed by atoms with E-state index in [0.717, 1.165) is 5.03 Å². The monoisotopic (exact) mass is 201 g/mol. The predicted molar refractivity (Wildman–Crippen MR) is 55.0 cm³/mol. The highest BCUT2D eigenvalue weighted by Gasteiger charge is 2.05. The van der Waals surface area contributed by atoms with E-state index in [1.54, 1.807) is 11.8 Å². The first-order valence-electron chi connectivity index (χ1n) is 3.88. The van der Waals surface area contributed by atoms with Gasteiger partial charge in [0.2, 0.25) is 0 Å². The highest BCUT2D eigenvalue weighted by Crippen LogP contribution is 2.24. The van der Waals surface area contributed by atoms with Crippen LogP contribution < -0.4 is 0 Å². The molecule has 0 bridgehead atoms. The molecule has 0 aromatic carbocycles. The second-order valence-corrected chi connectivity index (χ2v) is 4.44. The minimum absolute atomic E-state index is 0.431. The van der Waals surface area contributed by atoms with Gasteiger partial charge in [-0.15, -0.1) is 23.4 Å². The van der Waals surface area contributed by atoms with Crippen LogP contribution in [0.2, 0.25) is 0 Å². The molecule has 1 heterocycles. The fourth-order valence-electron chi connectivity index (χ4n) is 0.817. The second-order valence-electron chi connectivity index (χ2n) is 2.71. The number of aryl methyl sites for hydroxylation is 1. The number of rotatable bonds is 3. The van der Waals surface area contributed by atoms with Gasteiger partial charge in [0.15, 0.2) is 0 Å². The molecule has 1 nitrogen and oxygen atoms in total. The molecule has 0 saturated carbocycles. The van der Waals surface area contributed by atoms with Crippen molar-refractivity contribution in [1.82, 2.24) is 4.98 Å². The number of pyridine rings is 1. The van der Waals surface area contributed by atoms with Gasteiger partial charge in [0, 0.05) is 17.3 Å². The SMILES string of the molecule is Cc1cccnc1SC(C)CCl. The van der Waals surface area contributed by atoms with Crippen LogP contribution >= 0.6 is 23.4 Å². The highest BCUT2D eigenvalue weighted by molar-refractivity contribution is 8.00. The van der Waals surface area contributed by atoms with Gasteiger partial charge in [-0.3, -0.25) is 0 Å². The van der Waals surface area contributed by atoms with Crippen molar-refractivity contribution in [3.8, 4) is 0 Å². The van der Waals surface area contributed by atoms with E-state index in [1.807, 2.05) is 12.3 Å². The predicted octanol–water partition coefficient (Wildman–Crippen LogP) is 3.11. The molecule has 0 aliphatic carbocycles. The highest BCUT2D eigenvalue weighted by atomic mass is 35.5. The normalized spacial score (nSPS) is 12.9. The summed E-state index contributed by atoms with van der Waals surface area (Å²) in [6.07, 6.45) is 1.82. The van der Waals surface area contributed by atoms with Gasteiger partial charge < -0.3 is 0 Å². The van der Waals surface area contributed by atoms with Gasteiger partial charge in [-0.2, -0.15) is 0 Å². The topological polar surface area (TPSA) is 12.9 Å². The smallest absolute Gasteiger partial charge is 0.0991 e. The fraction of sp³-hybridized carbons (Fsp3) is 0.444. The number of halogens is 1. The molecule has 1 atom stereocenters. The Morgan fingerprint density at radius 2 is 2.42 bits per heavy atom. The Morgan fingerprint density at radius 3 is 3.00 bits per heavy atom. The maximum Gasteiger partial charge on any atom is 0.0991 e. The molecule has 0 radical (unpaired) electrons. The van der Waals surface area contributed by atoms with Crippen molar-refractivity contribution in [2.75, 3.05) is 5.88 Å². The maximum absolute atomic E-state index is 5.71. The lowest BCUT2D eigenvalue weighted by atomic mass is 10.3. The van der Waals surface area contributed by atoms with Crippen LogP contribution in [0.25, 0.3) is 0 Å². The lowest BCUT2D eigenvalue weighted by Gasteiger charge is -2.07. The third-order valence-corrected chi connectivity index (χ3v) is 3.36. The largest absolute Gasteiger partial charge is 0.250 e. The maximum atomic E-state index is 5.71. The first-order valence-corrected chi connectivity index (χ1v) is 5.29. The van der Waals surface area contributed by atoms with E-state index >= 15 is 0 Å². The van der Waals surface area contributed by atoms with Gasteiger partial charge in [0.25, 0.3) is 0 Å². The Hall–Kier alpha value is -0.210. The van der Waals surface area contributed by atoms with Gasteiger partial charge in [-0.05, 0) is 18.6 Å². The molecule has 0 fully saturated rings. The summed E-state index contributed by atoms with van der Waals surface area (Å²) in [5.41, 5.74) is 1.22. The van der Waals surface area contributed by atoms with Gasteiger partial charge in [0.1, 0.15) is 0 Å². The Balaban J connectivity index is 2.69.